The minimum atomic E-state index is -4.76. The van der Waals surface area contributed by atoms with E-state index in [2.05, 4.69) is 10.1 Å². The second-order valence-corrected chi connectivity index (χ2v) is 6.25. The fraction of sp³-hybridized carbons (Fsp3) is 0.250. The molecule has 0 spiro atoms. The zero-order chi connectivity index (χ0) is 20.1. The van der Waals surface area contributed by atoms with Crippen molar-refractivity contribution in [2.75, 3.05) is 6.61 Å². The predicted octanol–water partition coefficient (Wildman–Crippen LogP) is 4.38. The SMILES string of the molecule is Cc1ccc(-n2ncc(C(=O)OCCCc3cccnc3)c2C(F)(F)F)cc1. The first-order valence-corrected chi connectivity index (χ1v) is 8.64. The highest BCUT2D eigenvalue weighted by atomic mass is 19.4. The molecule has 0 saturated heterocycles. The Hall–Kier alpha value is -3.16. The summed E-state index contributed by atoms with van der Waals surface area (Å²) in [6, 6.07) is 10.0. The second-order valence-electron chi connectivity index (χ2n) is 6.25. The van der Waals surface area contributed by atoms with E-state index in [-0.39, 0.29) is 12.3 Å². The Morgan fingerprint density at radius 1 is 1.14 bits per heavy atom. The molecule has 0 aliphatic carbocycles. The van der Waals surface area contributed by atoms with Crippen LogP contribution in [0.25, 0.3) is 5.69 Å². The molecule has 2 aromatic heterocycles. The quantitative estimate of drug-likeness (QED) is 0.464. The van der Waals surface area contributed by atoms with Crippen LogP contribution in [0.2, 0.25) is 0 Å². The van der Waals surface area contributed by atoms with Gasteiger partial charge in [-0.15, -0.1) is 0 Å². The van der Waals surface area contributed by atoms with Gasteiger partial charge in [0.15, 0.2) is 5.69 Å². The Bertz CT molecular complexity index is 936. The molecule has 146 valence electrons. The molecular formula is C20H18F3N3O2. The van der Waals surface area contributed by atoms with Gasteiger partial charge in [-0.2, -0.15) is 18.3 Å². The Balaban J connectivity index is 1.73. The third-order valence-corrected chi connectivity index (χ3v) is 4.10. The molecule has 3 aromatic rings. The Labute approximate surface area is 159 Å². The molecule has 0 aliphatic rings. The van der Waals surface area contributed by atoms with E-state index in [9.17, 15) is 18.0 Å². The lowest BCUT2D eigenvalue weighted by Crippen LogP contribution is -2.18. The van der Waals surface area contributed by atoms with E-state index in [1.807, 2.05) is 13.0 Å². The maximum atomic E-state index is 13.6. The van der Waals surface area contributed by atoms with Crippen molar-refractivity contribution in [3.63, 3.8) is 0 Å². The Morgan fingerprint density at radius 3 is 2.54 bits per heavy atom. The van der Waals surface area contributed by atoms with Gasteiger partial charge in [0, 0.05) is 12.4 Å². The molecule has 0 radical (unpaired) electrons. The number of carbonyl (C=O) groups excluding carboxylic acids is 1. The highest BCUT2D eigenvalue weighted by Gasteiger charge is 2.41. The molecule has 0 aliphatic heterocycles. The van der Waals surface area contributed by atoms with Crippen LogP contribution in [0.15, 0.2) is 55.0 Å². The van der Waals surface area contributed by atoms with Gasteiger partial charge in [-0.25, -0.2) is 9.48 Å². The van der Waals surface area contributed by atoms with Crippen molar-refractivity contribution in [1.82, 2.24) is 14.8 Å². The average molecular weight is 389 g/mol. The summed E-state index contributed by atoms with van der Waals surface area (Å²) in [4.78, 5) is 16.2. The molecular weight excluding hydrogens is 371 g/mol. The average Bonchev–Trinajstić information content (AvgIpc) is 3.12. The van der Waals surface area contributed by atoms with Crippen LogP contribution in [0.1, 0.15) is 33.6 Å². The molecule has 28 heavy (non-hydrogen) atoms. The summed E-state index contributed by atoms with van der Waals surface area (Å²) in [5, 5.41) is 3.77. The summed E-state index contributed by atoms with van der Waals surface area (Å²) in [6.07, 6.45) is 0.557. The second kappa shape index (κ2) is 8.24. The van der Waals surface area contributed by atoms with Crippen molar-refractivity contribution in [2.24, 2.45) is 0 Å². The zero-order valence-corrected chi connectivity index (χ0v) is 15.1. The molecule has 0 bridgehead atoms. The Kier molecular flexibility index (Phi) is 5.77. The van der Waals surface area contributed by atoms with Crippen LogP contribution in [0.5, 0.6) is 0 Å². The molecule has 0 saturated carbocycles. The summed E-state index contributed by atoms with van der Waals surface area (Å²) in [6.45, 7) is 1.83. The summed E-state index contributed by atoms with van der Waals surface area (Å²) >= 11 is 0. The number of aromatic nitrogens is 3. The molecule has 1 aromatic carbocycles. The van der Waals surface area contributed by atoms with Crippen molar-refractivity contribution in [1.29, 1.82) is 0 Å². The summed E-state index contributed by atoms with van der Waals surface area (Å²) in [5.41, 5.74) is 0.330. The maximum Gasteiger partial charge on any atom is 0.434 e. The van der Waals surface area contributed by atoms with E-state index in [1.165, 1.54) is 12.1 Å². The normalized spacial score (nSPS) is 11.4. The van der Waals surface area contributed by atoms with E-state index in [4.69, 9.17) is 4.74 Å². The van der Waals surface area contributed by atoms with Gasteiger partial charge in [0.2, 0.25) is 0 Å². The highest BCUT2D eigenvalue weighted by Crippen LogP contribution is 2.34. The topological polar surface area (TPSA) is 57.0 Å². The molecule has 3 rings (SSSR count). The van der Waals surface area contributed by atoms with Crippen LogP contribution in [0, 0.1) is 6.92 Å². The van der Waals surface area contributed by atoms with Gasteiger partial charge in [-0.05, 0) is 43.5 Å². The first kappa shape index (κ1) is 19.6. The van der Waals surface area contributed by atoms with Crippen LogP contribution in [0.3, 0.4) is 0 Å². The molecule has 0 N–H and O–H groups in total. The van der Waals surface area contributed by atoms with E-state index >= 15 is 0 Å². The van der Waals surface area contributed by atoms with Gasteiger partial charge in [-0.1, -0.05) is 23.8 Å². The standard InChI is InChI=1S/C20H18F3N3O2/c1-14-6-8-16(9-7-14)26-18(20(21,22)23)17(13-25-26)19(27)28-11-3-5-15-4-2-10-24-12-15/h2,4,6-10,12-13H,3,5,11H2,1H3. The van der Waals surface area contributed by atoms with Crippen molar-refractivity contribution < 1.29 is 22.7 Å². The zero-order valence-electron chi connectivity index (χ0n) is 15.1. The van der Waals surface area contributed by atoms with Crippen LogP contribution in [-0.2, 0) is 17.3 Å². The fourth-order valence-corrected chi connectivity index (χ4v) is 2.72. The smallest absolute Gasteiger partial charge is 0.434 e. The lowest BCUT2D eigenvalue weighted by molar-refractivity contribution is -0.143. The van der Waals surface area contributed by atoms with Crippen LogP contribution in [-0.4, -0.2) is 27.3 Å². The van der Waals surface area contributed by atoms with Crippen LogP contribution < -0.4 is 0 Å². The van der Waals surface area contributed by atoms with E-state index in [1.54, 1.807) is 30.6 Å². The minimum absolute atomic E-state index is 0.000731. The number of hydrogen-bond donors (Lipinski definition) is 0. The van der Waals surface area contributed by atoms with Crippen molar-refractivity contribution in [2.45, 2.75) is 25.9 Å². The number of carbonyl (C=O) groups is 1. The molecule has 2 heterocycles. The number of pyridine rings is 1. The molecule has 8 heteroatoms. The molecule has 0 amide bonds. The number of esters is 1. The summed E-state index contributed by atoms with van der Waals surface area (Å²) < 4.78 is 46.6. The van der Waals surface area contributed by atoms with E-state index in [0.29, 0.717) is 17.5 Å². The predicted molar refractivity (Wildman–Crippen MR) is 96.1 cm³/mol. The van der Waals surface area contributed by atoms with Gasteiger partial charge < -0.3 is 4.74 Å². The van der Waals surface area contributed by atoms with Gasteiger partial charge >= 0.3 is 12.1 Å². The van der Waals surface area contributed by atoms with Crippen molar-refractivity contribution >= 4 is 5.97 Å². The van der Waals surface area contributed by atoms with Gasteiger partial charge in [0.25, 0.3) is 0 Å². The number of halogens is 3. The van der Waals surface area contributed by atoms with Gasteiger partial charge in [-0.3, -0.25) is 4.98 Å². The molecule has 5 nitrogen and oxygen atoms in total. The van der Waals surface area contributed by atoms with E-state index in [0.717, 1.165) is 17.3 Å². The molecule has 0 fully saturated rings. The summed E-state index contributed by atoms with van der Waals surface area (Å²) in [5.74, 6) is -1.04. The lowest BCUT2D eigenvalue weighted by atomic mass is 10.2. The van der Waals surface area contributed by atoms with E-state index < -0.39 is 23.4 Å². The number of ether oxygens (including phenoxy) is 1. The number of nitrogens with zero attached hydrogens (tertiary/aromatic N) is 3. The minimum Gasteiger partial charge on any atom is -0.462 e. The van der Waals surface area contributed by atoms with Crippen molar-refractivity contribution in [3.8, 4) is 5.69 Å². The number of alkyl halides is 3. The fourth-order valence-electron chi connectivity index (χ4n) is 2.72. The van der Waals surface area contributed by atoms with Gasteiger partial charge in [0.05, 0.1) is 18.5 Å². The highest BCUT2D eigenvalue weighted by molar-refractivity contribution is 5.90. The number of aryl methyl sites for hydroxylation is 2. The maximum absolute atomic E-state index is 13.6. The molecule has 0 atom stereocenters. The summed E-state index contributed by atoms with van der Waals surface area (Å²) in [7, 11) is 0. The first-order valence-electron chi connectivity index (χ1n) is 8.64. The third kappa shape index (κ3) is 4.57. The van der Waals surface area contributed by atoms with Crippen LogP contribution >= 0.6 is 0 Å². The van der Waals surface area contributed by atoms with Crippen LogP contribution in [0.4, 0.5) is 13.2 Å². The third-order valence-electron chi connectivity index (χ3n) is 4.10. The Morgan fingerprint density at radius 2 is 1.89 bits per heavy atom. The number of hydrogen-bond acceptors (Lipinski definition) is 4. The number of rotatable bonds is 6. The monoisotopic (exact) mass is 389 g/mol. The largest absolute Gasteiger partial charge is 0.462 e. The van der Waals surface area contributed by atoms with Gasteiger partial charge in [0.1, 0.15) is 5.56 Å². The number of benzene rings is 1. The lowest BCUT2D eigenvalue weighted by Gasteiger charge is -2.12. The first-order chi connectivity index (χ1) is 13.4. The van der Waals surface area contributed by atoms with Crippen molar-refractivity contribution in [3.05, 3.63) is 77.4 Å². The molecule has 0 unspecified atom stereocenters.